The number of oxime groups is 1. The molecule has 80 valence electrons. The number of nitrogens with two attached hydrogens (primary N) is 1. The summed E-state index contributed by atoms with van der Waals surface area (Å²) in [7, 11) is 0. The Hall–Kier alpha value is -1.30. The minimum absolute atomic E-state index is 0.0940. The summed E-state index contributed by atoms with van der Waals surface area (Å²) in [6, 6.07) is 0. The highest BCUT2D eigenvalue weighted by molar-refractivity contribution is 5.98. The minimum atomic E-state index is -0.444. The van der Waals surface area contributed by atoms with Gasteiger partial charge in [0.2, 0.25) is 5.91 Å². The zero-order valence-corrected chi connectivity index (χ0v) is 7.89. The number of hydrogen-bond donors (Lipinski definition) is 3. The summed E-state index contributed by atoms with van der Waals surface area (Å²) in [5.74, 6) is -0.311. The van der Waals surface area contributed by atoms with Crippen LogP contribution in [0.3, 0.4) is 0 Å². The van der Waals surface area contributed by atoms with E-state index in [2.05, 4.69) is 5.16 Å². The fourth-order valence-corrected chi connectivity index (χ4v) is 1.48. The Bertz CT molecular complexity index is 242. The summed E-state index contributed by atoms with van der Waals surface area (Å²) in [6.45, 7) is 0.978. The zero-order chi connectivity index (χ0) is 10.6. The minimum Gasteiger partial charge on any atom is -0.409 e. The molecule has 1 aliphatic rings. The molecular weight excluding hydrogens is 186 g/mol. The molecule has 6 heteroatoms. The first-order valence-corrected chi connectivity index (χ1v) is 4.55. The maximum absolute atomic E-state index is 11.5. The van der Waals surface area contributed by atoms with Gasteiger partial charge in [-0.1, -0.05) is 5.16 Å². The van der Waals surface area contributed by atoms with Gasteiger partial charge in [0, 0.05) is 13.1 Å². The second-order valence-corrected chi connectivity index (χ2v) is 3.40. The number of nitrogens with zero attached hydrogens (tertiary/aromatic N) is 2. The zero-order valence-electron chi connectivity index (χ0n) is 7.89. The second-order valence-electron chi connectivity index (χ2n) is 3.40. The van der Waals surface area contributed by atoms with Gasteiger partial charge < -0.3 is 20.9 Å². The van der Waals surface area contributed by atoms with Crippen molar-refractivity contribution in [3.05, 3.63) is 0 Å². The van der Waals surface area contributed by atoms with Crippen LogP contribution >= 0.6 is 0 Å². The molecule has 0 saturated carbocycles. The smallest absolute Gasteiger partial charge is 0.230 e. The third-order valence-electron chi connectivity index (χ3n) is 2.21. The molecule has 0 aromatic rings. The molecule has 0 spiro atoms. The fourth-order valence-electron chi connectivity index (χ4n) is 1.48. The molecular formula is C8H15N3O3. The summed E-state index contributed by atoms with van der Waals surface area (Å²) in [4.78, 5) is 13.0. The highest BCUT2D eigenvalue weighted by atomic mass is 16.4. The van der Waals surface area contributed by atoms with E-state index in [4.69, 9.17) is 10.9 Å². The van der Waals surface area contributed by atoms with Crippen LogP contribution in [0.15, 0.2) is 5.16 Å². The van der Waals surface area contributed by atoms with Crippen molar-refractivity contribution < 1.29 is 15.1 Å². The van der Waals surface area contributed by atoms with Gasteiger partial charge in [-0.05, 0) is 12.8 Å². The molecule has 4 N–H and O–H groups in total. The van der Waals surface area contributed by atoms with Gasteiger partial charge in [-0.2, -0.15) is 0 Å². The van der Waals surface area contributed by atoms with Gasteiger partial charge in [-0.15, -0.1) is 0 Å². The fraction of sp³-hybridized carbons (Fsp3) is 0.750. The van der Waals surface area contributed by atoms with Crippen molar-refractivity contribution in [2.75, 3.05) is 13.1 Å². The van der Waals surface area contributed by atoms with Crippen molar-refractivity contribution in [3.8, 4) is 0 Å². The van der Waals surface area contributed by atoms with Gasteiger partial charge in [-0.25, -0.2) is 0 Å². The monoisotopic (exact) mass is 201 g/mol. The standard InChI is InChI=1S/C8H15N3O3/c9-7(10-14)4-8(13)11-3-1-2-6(12)5-11/h6,12,14H,1-5H2,(H2,9,10). The first kappa shape index (κ1) is 10.8. The van der Waals surface area contributed by atoms with E-state index in [1.54, 1.807) is 0 Å². The molecule has 1 amide bonds. The molecule has 0 radical (unpaired) electrons. The van der Waals surface area contributed by atoms with Crippen LogP contribution in [0, 0.1) is 0 Å². The summed E-state index contributed by atoms with van der Waals surface area (Å²) < 4.78 is 0. The lowest BCUT2D eigenvalue weighted by Crippen LogP contribution is -2.43. The topological polar surface area (TPSA) is 99.2 Å². The molecule has 1 heterocycles. The first-order valence-electron chi connectivity index (χ1n) is 4.55. The highest BCUT2D eigenvalue weighted by Gasteiger charge is 2.22. The molecule has 1 saturated heterocycles. The van der Waals surface area contributed by atoms with E-state index in [0.717, 1.165) is 12.8 Å². The number of likely N-dealkylation sites (tertiary alicyclic amines) is 1. The molecule has 1 fully saturated rings. The van der Waals surface area contributed by atoms with E-state index in [9.17, 15) is 9.90 Å². The van der Waals surface area contributed by atoms with Gasteiger partial charge in [0.1, 0.15) is 5.84 Å². The average Bonchev–Trinajstić information content (AvgIpc) is 2.17. The van der Waals surface area contributed by atoms with Crippen molar-refractivity contribution in [2.24, 2.45) is 10.9 Å². The number of carbonyl (C=O) groups excluding carboxylic acids is 1. The number of β-amino-alcohol motifs (C(OH)–C–C–N with tert-alkyl or cyclic N) is 1. The SMILES string of the molecule is N/C(CC(=O)N1CCCC(O)C1)=N\O. The Morgan fingerprint density at radius 3 is 2.93 bits per heavy atom. The van der Waals surface area contributed by atoms with Crippen molar-refractivity contribution in [3.63, 3.8) is 0 Å². The molecule has 1 unspecified atom stereocenters. The molecule has 1 atom stereocenters. The van der Waals surface area contributed by atoms with Crippen LogP contribution in [0.25, 0.3) is 0 Å². The Morgan fingerprint density at radius 1 is 1.64 bits per heavy atom. The van der Waals surface area contributed by atoms with Crippen molar-refractivity contribution in [1.82, 2.24) is 4.90 Å². The van der Waals surface area contributed by atoms with E-state index < -0.39 is 6.10 Å². The third kappa shape index (κ3) is 2.88. The van der Waals surface area contributed by atoms with Gasteiger partial charge >= 0.3 is 0 Å². The van der Waals surface area contributed by atoms with Gasteiger partial charge in [0.25, 0.3) is 0 Å². The number of aliphatic hydroxyl groups excluding tert-OH is 1. The largest absolute Gasteiger partial charge is 0.409 e. The molecule has 1 aliphatic heterocycles. The van der Waals surface area contributed by atoms with Crippen molar-refractivity contribution in [1.29, 1.82) is 0 Å². The van der Waals surface area contributed by atoms with Crippen LogP contribution in [-0.4, -0.2) is 46.1 Å². The summed E-state index contributed by atoms with van der Waals surface area (Å²) in [6.07, 6.45) is 0.986. The molecule has 1 rings (SSSR count). The van der Waals surface area contributed by atoms with Crippen LogP contribution in [0.5, 0.6) is 0 Å². The highest BCUT2D eigenvalue weighted by Crippen LogP contribution is 2.10. The Labute approximate surface area is 82.0 Å². The van der Waals surface area contributed by atoms with Crippen LogP contribution in [0.2, 0.25) is 0 Å². The van der Waals surface area contributed by atoms with E-state index in [-0.39, 0.29) is 18.2 Å². The van der Waals surface area contributed by atoms with E-state index in [0.29, 0.717) is 13.1 Å². The van der Waals surface area contributed by atoms with Crippen LogP contribution < -0.4 is 5.73 Å². The van der Waals surface area contributed by atoms with Gasteiger partial charge in [-0.3, -0.25) is 4.79 Å². The molecule has 0 aliphatic carbocycles. The van der Waals surface area contributed by atoms with Crippen LogP contribution in [0.4, 0.5) is 0 Å². The lowest BCUT2D eigenvalue weighted by atomic mass is 10.1. The maximum atomic E-state index is 11.5. The number of aliphatic hydroxyl groups is 1. The molecule has 6 nitrogen and oxygen atoms in total. The van der Waals surface area contributed by atoms with Crippen molar-refractivity contribution >= 4 is 11.7 Å². The summed E-state index contributed by atoms with van der Waals surface area (Å²) in [5.41, 5.74) is 5.21. The van der Waals surface area contributed by atoms with E-state index >= 15 is 0 Å². The Balaban J connectivity index is 2.44. The Morgan fingerprint density at radius 2 is 2.36 bits per heavy atom. The predicted octanol–water partition coefficient (Wildman–Crippen LogP) is -0.894. The molecule has 0 aromatic carbocycles. The van der Waals surface area contributed by atoms with Crippen molar-refractivity contribution in [2.45, 2.75) is 25.4 Å². The first-order chi connectivity index (χ1) is 6.63. The lowest BCUT2D eigenvalue weighted by Gasteiger charge is -2.29. The number of carbonyl (C=O) groups is 1. The Kier molecular flexibility index (Phi) is 3.70. The normalized spacial score (nSPS) is 23.6. The number of hydrogen-bond acceptors (Lipinski definition) is 4. The van der Waals surface area contributed by atoms with E-state index in [1.807, 2.05) is 0 Å². The average molecular weight is 201 g/mol. The third-order valence-corrected chi connectivity index (χ3v) is 2.21. The van der Waals surface area contributed by atoms with Crippen LogP contribution in [-0.2, 0) is 4.79 Å². The van der Waals surface area contributed by atoms with Gasteiger partial charge in [0.15, 0.2) is 0 Å². The number of rotatable bonds is 2. The summed E-state index contributed by atoms with van der Waals surface area (Å²) in [5, 5.41) is 20.3. The molecule has 0 bridgehead atoms. The maximum Gasteiger partial charge on any atom is 0.230 e. The molecule has 14 heavy (non-hydrogen) atoms. The summed E-state index contributed by atoms with van der Waals surface area (Å²) >= 11 is 0. The van der Waals surface area contributed by atoms with Crippen LogP contribution in [0.1, 0.15) is 19.3 Å². The van der Waals surface area contributed by atoms with Gasteiger partial charge in [0.05, 0.1) is 12.5 Å². The van der Waals surface area contributed by atoms with E-state index in [1.165, 1.54) is 4.90 Å². The number of piperidine rings is 1. The molecule has 0 aromatic heterocycles. The quantitative estimate of drug-likeness (QED) is 0.233. The number of amides is 1. The number of amidine groups is 1. The second kappa shape index (κ2) is 4.80. The predicted molar refractivity (Wildman–Crippen MR) is 49.8 cm³/mol. The lowest BCUT2D eigenvalue weighted by molar-refractivity contribution is -0.132.